The van der Waals surface area contributed by atoms with Crippen molar-refractivity contribution in [3.63, 3.8) is 0 Å². The van der Waals surface area contributed by atoms with Gasteiger partial charge in [-0.1, -0.05) is 37.3 Å². The van der Waals surface area contributed by atoms with E-state index in [0.717, 1.165) is 19.5 Å². The number of benzene rings is 1. The van der Waals surface area contributed by atoms with E-state index in [1.807, 2.05) is 23.1 Å². The Balaban J connectivity index is 1.91. The number of hydrogen-bond acceptors (Lipinski definition) is 2. The van der Waals surface area contributed by atoms with E-state index in [2.05, 4.69) is 19.1 Å². The Morgan fingerprint density at radius 3 is 2.76 bits per heavy atom. The van der Waals surface area contributed by atoms with Gasteiger partial charge in [-0.3, -0.25) is 4.79 Å². The number of carbonyl (C=O) groups excluding carboxylic acids is 1. The van der Waals surface area contributed by atoms with Crippen molar-refractivity contribution in [1.29, 1.82) is 0 Å². The lowest BCUT2D eigenvalue weighted by atomic mass is 9.97. The van der Waals surface area contributed by atoms with Crippen molar-refractivity contribution in [3.05, 3.63) is 35.9 Å². The minimum absolute atomic E-state index is 0.172. The molecule has 0 radical (unpaired) electrons. The van der Waals surface area contributed by atoms with Crippen LogP contribution in [0.3, 0.4) is 0 Å². The highest BCUT2D eigenvalue weighted by Crippen LogP contribution is 2.20. The summed E-state index contributed by atoms with van der Waals surface area (Å²) < 4.78 is 0. The molecule has 2 rings (SSSR count). The van der Waals surface area contributed by atoms with Gasteiger partial charge in [0.2, 0.25) is 5.91 Å². The third-order valence-corrected chi connectivity index (χ3v) is 3.43. The van der Waals surface area contributed by atoms with Crippen LogP contribution in [-0.2, 0) is 4.79 Å². The van der Waals surface area contributed by atoms with Crippen LogP contribution in [0.2, 0.25) is 0 Å². The average Bonchev–Trinajstić information content (AvgIpc) is 2.77. The quantitative estimate of drug-likeness (QED) is 0.863. The zero-order valence-corrected chi connectivity index (χ0v) is 10.3. The second-order valence-corrected chi connectivity index (χ2v) is 4.90. The largest absolute Gasteiger partial charge is 0.341 e. The molecule has 2 N–H and O–H groups in total. The summed E-state index contributed by atoms with van der Waals surface area (Å²) in [5.41, 5.74) is 7.04. The molecule has 3 heteroatoms. The van der Waals surface area contributed by atoms with E-state index in [0.29, 0.717) is 6.42 Å². The molecule has 0 saturated carbocycles. The minimum atomic E-state index is 0.172. The Kier molecular flexibility index (Phi) is 3.79. The summed E-state index contributed by atoms with van der Waals surface area (Å²) in [5.74, 6) is 0.509. The van der Waals surface area contributed by atoms with Gasteiger partial charge in [0.15, 0.2) is 0 Å². The zero-order valence-electron chi connectivity index (χ0n) is 10.3. The minimum Gasteiger partial charge on any atom is -0.341 e. The van der Waals surface area contributed by atoms with Crippen LogP contribution in [0, 0.1) is 0 Å². The summed E-state index contributed by atoms with van der Waals surface area (Å²) >= 11 is 0. The first-order chi connectivity index (χ1) is 8.16. The zero-order chi connectivity index (χ0) is 12.3. The van der Waals surface area contributed by atoms with Gasteiger partial charge in [-0.15, -0.1) is 0 Å². The maximum absolute atomic E-state index is 12.0. The Bertz CT molecular complexity index is 377. The van der Waals surface area contributed by atoms with E-state index in [1.165, 1.54) is 5.56 Å². The van der Waals surface area contributed by atoms with Gasteiger partial charge in [0.25, 0.3) is 0 Å². The van der Waals surface area contributed by atoms with Gasteiger partial charge in [0.05, 0.1) is 0 Å². The van der Waals surface area contributed by atoms with Crippen molar-refractivity contribution < 1.29 is 4.79 Å². The Hall–Kier alpha value is -1.35. The number of carbonyl (C=O) groups is 1. The molecule has 0 bridgehead atoms. The standard InChI is InChI=1S/C14H20N2O/c1-11(12-5-3-2-4-6-12)9-14(17)16-8-7-13(15)10-16/h2-6,11,13H,7-10,15H2,1H3/t11?,13-/m1/s1. The van der Waals surface area contributed by atoms with Crippen molar-refractivity contribution in [2.45, 2.75) is 31.7 Å². The van der Waals surface area contributed by atoms with E-state index in [4.69, 9.17) is 5.73 Å². The van der Waals surface area contributed by atoms with Gasteiger partial charge in [0, 0.05) is 25.6 Å². The van der Waals surface area contributed by atoms with E-state index in [9.17, 15) is 4.79 Å². The maximum Gasteiger partial charge on any atom is 0.223 e. The summed E-state index contributed by atoms with van der Waals surface area (Å²) in [4.78, 5) is 13.9. The van der Waals surface area contributed by atoms with Gasteiger partial charge in [-0.05, 0) is 17.9 Å². The molecule has 3 nitrogen and oxygen atoms in total. The third kappa shape index (κ3) is 3.07. The molecular formula is C14H20N2O. The number of nitrogens with two attached hydrogens (primary N) is 1. The van der Waals surface area contributed by atoms with E-state index in [-0.39, 0.29) is 17.9 Å². The normalized spacial score (nSPS) is 21.5. The van der Waals surface area contributed by atoms with Crippen molar-refractivity contribution in [2.75, 3.05) is 13.1 Å². The number of amides is 1. The van der Waals surface area contributed by atoms with E-state index >= 15 is 0 Å². The van der Waals surface area contributed by atoms with Gasteiger partial charge < -0.3 is 10.6 Å². The third-order valence-electron chi connectivity index (χ3n) is 3.43. The van der Waals surface area contributed by atoms with Crippen molar-refractivity contribution in [1.82, 2.24) is 4.90 Å². The first-order valence-electron chi connectivity index (χ1n) is 6.25. The molecule has 1 aliphatic heterocycles. The fourth-order valence-corrected chi connectivity index (χ4v) is 2.30. The molecule has 0 aromatic heterocycles. The molecule has 1 aromatic carbocycles. The monoisotopic (exact) mass is 232 g/mol. The molecule has 1 heterocycles. The highest BCUT2D eigenvalue weighted by molar-refractivity contribution is 5.77. The highest BCUT2D eigenvalue weighted by atomic mass is 16.2. The first-order valence-corrected chi connectivity index (χ1v) is 6.25. The van der Waals surface area contributed by atoms with Crippen LogP contribution < -0.4 is 5.73 Å². The molecule has 1 amide bonds. The number of rotatable bonds is 3. The fourth-order valence-electron chi connectivity index (χ4n) is 2.30. The number of hydrogen-bond donors (Lipinski definition) is 1. The number of likely N-dealkylation sites (tertiary alicyclic amines) is 1. The highest BCUT2D eigenvalue weighted by Gasteiger charge is 2.24. The van der Waals surface area contributed by atoms with Crippen LogP contribution in [-0.4, -0.2) is 29.9 Å². The smallest absolute Gasteiger partial charge is 0.223 e. The van der Waals surface area contributed by atoms with Crippen molar-refractivity contribution in [2.24, 2.45) is 5.73 Å². The molecule has 17 heavy (non-hydrogen) atoms. The topological polar surface area (TPSA) is 46.3 Å². The predicted octanol–water partition coefficient (Wildman–Crippen LogP) is 1.74. The van der Waals surface area contributed by atoms with Crippen LogP contribution in [0.1, 0.15) is 31.2 Å². The summed E-state index contributed by atoms with van der Waals surface area (Å²) in [6.45, 7) is 3.64. The molecular weight excluding hydrogens is 212 g/mol. The molecule has 1 aliphatic rings. The summed E-state index contributed by atoms with van der Waals surface area (Å²) in [5, 5.41) is 0. The lowest BCUT2D eigenvalue weighted by molar-refractivity contribution is -0.130. The summed E-state index contributed by atoms with van der Waals surface area (Å²) in [7, 11) is 0. The summed E-state index contributed by atoms with van der Waals surface area (Å²) in [6.07, 6.45) is 1.52. The summed E-state index contributed by atoms with van der Waals surface area (Å²) in [6, 6.07) is 10.4. The molecule has 1 fully saturated rings. The lowest BCUT2D eigenvalue weighted by Crippen LogP contribution is -2.32. The van der Waals surface area contributed by atoms with Gasteiger partial charge in [-0.2, -0.15) is 0 Å². The molecule has 92 valence electrons. The average molecular weight is 232 g/mol. The van der Waals surface area contributed by atoms with Crippen LogP contribution in [0.25, 0.3) is 0 Å². The SMILES string of the molecule is CC(CC(=O)N1CC[C@@H](N)C1)c1ccccc1. The van der Waals surface area contributed by atoms with Crippen molar-refractivity contribution in [3.8, 4) is 0 Å². The van der Waals surface area contributed by atoms with Gasteiger partial charge in [0.1, 0.15) is 0 Å². The van der Waals surface area contributed by atoms with Crippen LogP contribution in [0.4, 0.5) is 0 Å². The van der Waals surface area contributed by atoms with Crippen LogP contribution >= 0.6 is 0 Å². The first kappa shape index (κ1) is 12.1. The Morgan fingerprint density at radius 2 is 2.18 bits per heavy atom. The predicted molar refractivity (Wildman–Crippen MR) is 68.6 cm³/mol. The maximum atomic E-state index is 12.0. The molecule has 1 aromatic rings. The van der Waals surface area contributed by atoms with Gasteiger partial charge in [-0.25, -0.2) is 0 Å². The molecule has 0 spiro atoms. The van der Waals surface area contributed by atoms with Crippen LogP contribution in [0.15, 0.2) is 30.3 Å². The number of nitrogens with zero attached hydrogens (tertiary/aromatic N) is 1. The molecule has 2 atom stereocenters. The molecule has 1 unspecified atom stereocenters. The van der Waals surface area contributed by atoms with E-state index in [1.54, 1.807) is 0 Å². The second-order valence-electron chi connectivity index (χ2n) is 4.90. The molecule has 1 saturated heterocycles. The van der Waals surface area contributed by atoms with Crippen LogP contribution in [0.5, 0.6) is 0 Å². The lowest BCUT2D eigenvalue weighted by Gasteiger charge is -2.18. The van der Waals surface area contributed by atoms with E-state index < -0.39 is 0 Å². The molecule has 0 aliphatic carbocycles. The van der Waals surface area contributed by atoms with Gasteiger partial charge >= 0.3 is 0 Å². The fraction of sp³-hybridized carbons (Fsp3) is 0.500. The second kappa shape index (κ2) is 5.32. The van der Waals surface area contributed by atoms with Crippen molar-refractivity contribution >= 4 is 5.91 Å². The Morgan fingerprint density at radius 1 is 1.47 bits per heavy atom. The Labute approximate surface area is 103 Å².